The molecule has 0 bridgehead atoms. The van der Waals surface area contributed by atoms with Crippen LogP contribution in [0.4, 0.5) is 4.39 Å². The second-order valence-electron chi connectivity index (χ2n) is 4.44. The van der Waals surface area contributed by atoms with Gasteiger partial charge in [-0.3, -0.25) is 0 Å². The summed E-state index contributed by atoms with van der Waals surface area (Å²) in [4.78, 5) is 0. The topological polar surface area (TPSA) is 12.0 Å². The highest BCUT2D eigenvalue weighted by Gasteiger charge is 2.32. The molecule has 0 spiro atoms. The van der Waals surface area contributed by atoms with E-state index in [1.807, 2.05) is 42.7 Å². The highest BCUT2D eigenvalue weighted by Crippen LogP contribution is 2.40. The van der Waals surface area contributed by atoms with Gasteiger partial charge in [-0.1, -0.05) is 24.6 Å². The minimum atomic E-state index is -0.321. The molecule has 106 valence electrons. The molecule has 0 radical (unpaired) electrons. The lowest BCUT2D eigenvalue weighted by Gasteiger charge is -2.34. The summed E-state index contributed by atoms with van der Waals surface area (Å²) >= 11 is 13.1. The molecule has 1 heterocycles. The Kier molecular flexibility index (Phi) is 5.90. The van der Waals surface area contributed by atoms with Crippen molar-refractivity contribution in [3.05, 3.63) is 33.0 Å². The van der Waals surface area contributed by atoms with Crippen molar-refractivity contribution >= 4 is 51.1 Å². The van der Waals surface area contributed by atoms with E-state index < -0.39 is 0 Å². The van der Waals surface area contributed by atoms with Crippen molar-refractivity contribution in [3.63, 3.8) is 0 Å². The van der Waals surface area contributed by atoms with E-state index >= 15 is 0 Å². The smallest absolute Gasteiger partial charge is 0.147 e. The van der Waals surface area contributed by atoms with Crippen LogP contribution in [-0.2, 0) is 0 Å². The summed E-state index contributed by atoms with van der Waals surface area (Å²) < 4.78 is 15.0. The molecule has 0 saturated carbocycles. The van der Waals surface area contributed by atoms with E-state index in [4.69, 9.17) is 11.6 Å². The number of halogens is 3. The number of rotatable bonds is 3. The zero-order valence-electron chi connectivity index (χ0n) is 10.8. The third-order valence-corrected chi connectivity index (χ3v) is 7.73. The third kappa shape index (κ3) is 3.43. The van der Waals surface area contributed by atoms with Gasteiger partial charge in [0.15, 0.2) is 0 Å². The number of benzene rings is 1. The molecule has 1 N–H and O–H groups in total. The van der Waals surface area contributed by atoms with Crippen LogP contribution < -0.4 is 5.32 Å². The molecule has 3 unspecified atom stereocenters. The Morgan fingerprint density at radius 1 is 1.42 bits per heavy atom. The molecular formula is C13H16BrClFNS2. The van der Waals surface area contributed by atoms with Gasteiger partial charge in [0, 0.05) is 38.1 Å². The lowest BCUT2D eigenvalue weighted by molar-refractivity contribution is 0.517. The van der Waals surface area contributed by atoms with Gasteiger partial charge in [-0.05, 0) is 29.0 Å². The normalized spacial score (nSPS) is 25.3. The average Bonchev–Trinajstić information content (AvgIpc) is 2.41. The van der Waals surface area contributed by atoms with Crippen LogP contribution in [0, 0.1) is 5.82 Å². The maximum absolute atomic E-state index is 14.4. The van der Waals surface area contributed by atoms with Crippen LogP contribution in [0.15, 0.2) is 16.6 Å². The van der Waals surface area contributed by atoms with E-state index in [9.17, 15) is 4.39 Å². The number of hydrogen-bond acceptors (Lipinski definition) is 3. The molecule has 1 fully saturated rings. The van der Waals surface area contributed by atoms with Crippen LogP contribution in [0.3, 0.4) is 0 Å². The molecule has 19 heavy (non-hydrogen) atoms. The maximum atomic E-state index is 14.4. The molecule has 1 nitrogen and oxygen atoms in total. The van der Waals surface area contributed by atoms with Gasteiger partial charge >= 0.3 is 0 Å². The van der Waals surface area contributed by atoms with E-state index in [1.165, 1.54) is 5.75 Å². The molecule has 6 heteroatoms. The number of hydrogen-bond donors (Lipinski definition) is 1. The Morgan fingerprint density at radius 2 is 2.11 bits per heavy atom. The van der Waals surface area contributed by atoms with Crippen LogP contribution in [0.5, 0.6) is 0 Å². The predicted octanol–water partition coefficient (Wildman–Crippen LogP) is 4.74. The van der Waals surface area contributed by atoms with Crippen molar-refractivity contribution in [1.82, 2.24) is 5.32 Å². The van der Waals surface area contributed by atoms with Gasteiger partial charge in [-0.15, -0.1) is 0 Å². The first-order valence-corrected chi connectivity index (χ1v) is 9.37. The van der Waals surface area contributed by atoms with Gasteiger partial charge in [-0.2, -0.15) is 23.5 Å². The van der Waals surface area contributed by atoms with Crippen LogP contribution in [0.25, 0.3) is 0 Å². The van der Waals surface area contributed by atoms with Crippen LogP contribution in [-0.4, -0.2) is 29.1 Å². The van der Waals surface area contributed by atoms with E-state index in [2.05, 4.69) is 28.2 Å². The second kappa shape index (κ2) is 7.03. The van der Waals surface area contributed by atoms with Gasteiger partial charge in [-0.25, -0.2) is 4.39 Å². The van der Waals surface area contributed by atoms with Crippen LogP contribution in [0.1, 0.15) is 18.5 Å². The number of nitrogens with one attached hydrogen (secondary N) is 1. The molecular weight excluding hydrogens is 369 g/mol. The Hall–Kier alpha value is 0.580. The summed E-state index contributed by atoms with van der Waals surface area (Å²) in [7, 11) is 1.88. The first kappa shape index (κ1) is 16.0. The lowest BCUT2D eigenvalue weighted by Crippen LogP contribution is -2.36. The van der Waals surface area contributed by atoms with Gasteiger partial charge < -0.3 is 5.32 Å². The highest BCUT2D eigenvalue weighted by molar-refractivity contribution is 9.10. The second-order valence-corrected chi connectivity index (χ2v) is 8.45. The van der Waals surface area contributed by atoms with E-state index in [-0.39, 0.29) is 16.9 Å². The molecule has 1 saturated heterocycles. The fourth-order valence-electron chi connectivity index (χ4n) is 2.29. The van der Waals surface area contributed by atoms with Gasteiger partial charge in [0.25, 0.3) is 0 Å². The summed E-state index contributed by atoms with van der Waals surface area (Å²) in [5.74, 6) is 1.96. The van der Waals surface area contributed by atoms with E-state index in [0.717, 1.165) is 5.75 Å². The minimum Gasteiger partial charge on any atom is -0.312 e. The summed E-state index contributed by atoms with van der Waals surface area (Å²) in [6.07, 6.45) is 0. The quantitative estimate of drug-likeness (QED) is 0.756. The molecule has 0 aromatic heterocycles. The first-order valence-electron chi connectivity index (χ1n) is 6.10. The van der Waals surface area contributed by atoms with E-state index in [0.29, 0.717) is 20.5 Å². The number of thioether (sulfide) groups is 2. The van der Waals surface area contributed by atoms with Gasteiger partial charge in [0.2, 0.25) is 0 Å². The Morgan fingerprint density at radius 3 is 2.74 bits per heavy atom. The summed E-state index contributed by atoms with van der Waals surface area (Å²) in [6, 6.07) is 3.62. The molecule has 0 amide bonds. The van der Waals surface area contributed by atoms with Crippen molar-refractivity contribution in [3.8, 4) is 0 Å². The zero-order chi connectivity index (χ0) is 14.0. The van der Waals surface area contributed by atoms with Crippen molar-refractivity contribution in [2.75, 3.05) is 18.6 Å². The Balaban J connectivity index is 2.34. The summed E-state index contributed by atoms with van der Waals surface area (Å²) in [6.45, 7) is 2.21. The first-order chi connectivity index (χ1) is 9.06. The summed E-state index contributed by atoms with van der Waals surface area (Å²) in [5.41, 5.74) is 0.655. The lowest BCUT2D eigenvalue weighted by atomic mass is 10.0. The fourth-order valence-corrected chi connectivity index (χ4v) is 5.75. The molecule has 1 aliphatic heterocycles. The zero-order valence-corrected chi connectivity index (χ0v) is 14.7. The molecule has 1 aromatic carbocycles. The van der Waals surface area contributed by atoms with E-state index in [1.54, 1.807) is 0 Å². The predicted molar refractivity (Wildman–Crippen MR) is 89.1 cm³/mol. The molecule has 1 aliphatic rings. The molecule has 3 atom stereocenters. The van der Waals surface area contributed by atoms with Gasteiger partial charge in [0.1, 0.15) is 5.82 Å². The standard InChI is InChI=1S/C13H16BrClFNS2/c1-7-13(19-6-5-18-7)12(17-2)8-3-4-9(14)10(15)11(8)16/h3-4,7,12-13,17H,5-6H2,1-2H3. The molecule has 1 aromatic rings. The van der Waals surface area contributed by atoms with Crippen molar-refractivity contribution in [1.29, 1.82) is 0 Å². The van der Waals surface area contributed by atoms with Gasteiger partial charge in [0.05, 0.1) is 5.02 Å². The SMILES string of the molecule is CNC(c1ccc(Br)c(Cl)c1F)C1SCCSC1C. The maximum Gasteiger partial charge on any atom is 0.147 e. The largest absolute Gasteiger partial charge is 0.312 e. The fraction of sp³-hybridized carbons (Fsp3) is 0.538. The minimum absolute atomic E-state index is 0.0154. The molecule has 0 aliphatic carbocycles. The molecule has 2 rings (SSSR count). The van der Waals surface area contributed by atoms with Crippen LogP contribution >= 0.6 is 51.1 Å². The third-order valence-electron chi connectivity index (χ3n) is 3.28. The highest BCUT2D eigenvalue weighted by atomic mass is 79.9. The van der Waals surface area contributed by atoms with Crippen molar-refractivity contribution in [2.45, 2.75) is 23.5 Å². The summed E-state index contributed by atoms with van der Waals surface area (Å²) in [5, 5.41) is 4.28. The monoisotopic (exact) mass is 383 g/mol. The van der Waals surface area contributed by atoms with Crippen molar-refractivity contribution < 1.29 is 4.39 Å². The van der Waals surface area contributed by atoms with Crippen molar-refractivity contribution in [2.24, 2.45) is 0 Å². The average molecular weight is 385 g/mol. The van der Waals surface area contributed by atoms with Crippen LogP contribution in [0.2, 0.25) is 5.02 Å². The Bertz CT molecular complexity index is 461. The Labute approximate surface area is 135 Å².